The summed E-state index contributed by atoms with van der Waals surface area (Å²) in [6.45, 7) is -0.0352. The molecule has 5 heteroatoms. The summed E-state index contributed by atoms with van der Waals surface area (Å²) in [6, 6.07) is 11.6. The second kappa shape index (κ2) is 5.40. The number of nitrogens with two attached hydrogens (primary N) is 1. The van der Waals surface area contributed by atoms with Crippen molar-refractivity contribution in [1.29, 1.82) is 0 Å². The van der Waals surface area contributed by atoms with Gasteiger partial charge in [-0.3, -0.25) is 14.7 Å². The lowest BCUT2D eigenvalue weighted by molar-refractivity contribution is -0.116. The van der Waals surface area contributed by atoms with Gasteiger partial charge in [0.15, 0.2) is 0 Å². The average molecular weight is 283 g/mol. The van der Waals surface area contributed by atoms with Gasteiger partial charge in [0.1, 0.15) is 0 Å². The highest BCUT2D eigenvalue weighted by atomic mass is 32.1. The SMILES string of the molecule is NCC(=O)N(c1ccncc1)c1csc2ccccc12. The molecule has 2 heterocycles. The highest BCUT2D eigenvalue weighted by Crippen LogP contribution is 2.36. The van der Waals surface area contributed by atoms with Crippen molar-refractivity contribution in [2.24, 2.45) is 5.73 Å². The molecule has 3 rings (SSSR count). The molecule has 0 bridgehead atoms. The van der Waals surface area contributed by atoms with E-state index in [4.69, 9.17) is 5.73 Å². The number of nitrogens with zero attached hydrogens (tertiary/aromatic N) is 2. The third-order valence-electron chi connectivity index (χ3n) is 3.05. The summed E-state index contributed by atoms with van der Waals surface area (Å²) in [7, 11) is 0. The largest absolute Gasteiger partial charge is 0.322 e. The van der Waals surface area contributed by atoms with Gasteiger partial charge in [-0.1, -0.05) is 18.2 Å². The summed E-state index contributed by atoms with van der Waals surface area (Å²) in [4.78, 5) is 17.9. The minimum absolute atomic E-state index is 0.0352. The van der Waals surface area contributed by atoms with Gasteiger partial charge in [-0.15, -0.1) is 11.3 Å². The molecule has 0 fully saturated rings. The maximum atomic E-state index is 12.2. The van der Waals surface area contributed by atoms with Gasteiger partial charge in [0.05, 0.1) is 17.9 Å². The van der Waals surface area contributed by atoms with Crippen LogP contribution >= 0.6 is 11.3 Å². The van der Waals surface area contributed by atoms with Gasteiger partial charge in [0.25, 0.3) is 0 Å². The Morgan fingerprint density at radius 1 is 1.20 bits per heavy atom. The fourth-order valence-electron chi connectivity index (χ4n) is 2.14. The van der Waals surface area contributed by atoms with Gasteiger partial charge in [0.2, 0.25) is 5.91 Å². The maximum absolute atomic E-state index is 12.2. The third kappa shape index (κ3) is 2.17. The lowest BCUT2D eigenvalue weighted by Gasteiger charge is -2.21. The van der Waals surface area contributed by atoms with Crippen molar-refractivity contribution >= 4 is 38.7 Å². The van der Waals surface area contributed by atoms with E-state index in [0.717, 1.165) is 21.5 Å². The fourth-order valence-corrected chi connectivity index (χ4v) is 3.07. The van der Waals surface area contributed by atoms with Gasteiger partial charge in [-0.2, -0.15) is 0 Å². The topological polar surface area (TPSA) is 59.2 Å². The van der Waals surface area contributed by atoms with Crippen LogP contribution in [0.1, 0.15) is 0 Å². The van der Waals surface area contributed by atoms with Crippen LogP contribution in [-0.2, 0) is 4.79 Å². The molecular weight excluding hydrogens is 270 g/mol. The van der Waals surface area contributed by atoms with E-state index in [1.807, 2.05) is 29.6 Å². The second-order valence-corrected chi connectivity index (χ2v) is 5.17. The van der Waals surface area contributed by atoms with Crippen LogP contribution < -0.4 is 10.6 Å². The van der Waals surface area contributed by atoms with Crippen molar-refractivity contribution < 1.29 is 4.79 Å². The number of hydrogen-bond donors (Lipinski definition) is 1. The Balaban J connectivity index is 2.17. The highest BCUT2D eigenvalue weighted by molar-refractivity contribution is 7.17. The Labute approximate surface area is 120 Å². The molecule has 4 nitrogen and oxygen atoms in total. The Morgan fingerprint density at radius 3 is 2.70 bits per heavy atom. The fraction of sp³-hybridized carbons (Fsp3) is 0.0667. The monoisotopic (exact) mass is 283 g/mol. The molecule has 0 aliphatic heterocycles. The van der Waals surface area contributed by atoms with Gasteiger partial charge >= 0.3 is 0 Å². The molecule has 0 spiro atoms. The van der Waals surface area contributed by atoms with Crippen LogP contribution in [0.2, 0.25) is 0 Å². The van der Waals surface area contributed by atoms with E-state index >= 15 is 0 Å². The predicted octanol–water partition coefficient (Wildman–Crippen LogP) is 2.92. The molecule has 0 saturated heterocycles. The summed E-state index contributed by atoms with van der Waals surface area (Å²) in [5.41, 5.74) is 7.20. The lowest BCUT2D eigenvalue weighted by atomic mass is 10.2. The standard InChI is InChI=1S/C15H13N3OS/c16-9-15(19)18(11-5-7-17-8-6-11)13-10-20-14-4-2-1-3-12(13)14/h1-8,10H,9,16H2. The Hall–Kier alpha value is -2.24. The van der Waals surface area contributed by atoms with Gasteiger partial charge in [-0.25, -0.2) is 0 Å². The van der Waals surface area contributed by atoms with Crippen molar-refractivity contribution in [2.45, 2.75) is 0 Å². The molecular formula is C15H13N3OS. The van der Waals surface area contributed by atoms with E-state index in [1.54, 1.807) is 40.8 Å². The number of thiophene rings is 1. The van der Waals surface area contributed by atoms with E-state index < -0.39 is 0 Å². The second-order valence-electron chi connectivity index (χ2n) is 4.26. The predicted molar refractivity (Wildman–Crippen MR) is 82.3 cm³/mol. The first kappa shape index (κ1) is 12.8. The Kier molecular flexibility index (Phi) is 3.45. The molecule has 0 atom stereocenters. The van der Waals surface area contributed by atoms with Crippen molar-refractivity contribution in [3.05, 3.63) is 54.2 Å². The quantitative estimate of drug-likeness (QED) is 0.804. The maximum Gasteiger partial charge on any atom is 0.245 e. The molecule has 100 valence electrons. The number of hydrogen-bond acceptors (Lipinski definition) is 4. The van der Waals surface area contributed by atoms with Crippen LogP contribution in [0.5, 0.6) is 0 Å². The van der Waals surface area contributed by atoms with E-state index in [0.29, 0.717) is 0 Å². The molecule has 3 aromatic rings. The van der Waals surface area contributed by atoms with Crippen LogP contribution in [0.3, 0.4) is 0 Å². The number of fused-ring (bicyclic) bond motifs is 1. The minimum Gasteiger partial charge on any atom is -0.322 e. The number of rotatable bonds is 3. The lowest BCUT2D eigenvalue weighted by Crippen LogP contribution is -2.31. The first-order chi connectivity index (χ1) is 9.81. The summed E-state index contributed by atoms with van der Waals surface area (Å²) >= 11 is 1.61. The van der Waals surface area contributed by atoms with Crippen molar-refractivity contribution in [1.82, 2.24) is 4.98 Å². The summed E-state index contributed by atoms with van der Waals surface area (Å²) in [6.07, 6.45) is 3.33. The van der Waals surface area contributed by atoms with Gasteiger partial charge in [-0.05, 0) is 18.2 Å². The van der Waals surface area contributed by atoms with Crippen molar-refractivity contribution in [3.8, 4) is 0 Å². The number of anilines is 2. The zero-order valence-corrected chi connectivity index (χ0v) is 11.5. The molecule has 1 aromatic carbocycles. The van der Waals surface area contributed by atoms with Crippen LogP contribution in [0.4, 0.5) is 11.4 Å². The number of carbonyl (C=O) groups excluding carboxylic acids is 1. The Bertz CT molecular complexity index is 739. The first-order valence-electron chi connectivity index (χ1n) is 6.20. The van der Waals surface area contributed by atoms with Crippen molar-refractivity contribution in [3.63, 3.8) is 0 Å². The molecule has 1 amide bonds. The van der Waals surface area contributed by atoms with Crippen molar-refractivity contribution in [2.75, 3.05) is 11.4 Å². The average Bonchev–Trinajstić information content (AvgIpc) is 2.92. The number of carbonyl (C=O) groups is 1. The minimum atomic E-state index is -0.139. The number of aromatic nitrogens is 1. The third-order valence-corrected chi connectivity index (χ3v) is 4.00. The van der Waals surface area contributed by atoms with Crippen LogP contribution in [0, 0.1) is 0 Å². The number of pyridine rings is 1. The number of benzene rings is 1. The normalized spacial score (nSPS) is 10.7. The molecule has 0 radical (unpaired) electrons. The van der Waals surface area contributed by atoms with Crippen LogP contribution in [0.15, 0.2) is 54.2 Å². The van der Waals surface area contributed by atoms with E-state index in [1.165, 1.54) is 0 Å². The van der Waals surface area contributed by atoms with E-state index in [9.17, 15) is 4.79 Å². The van der Waals surface area contributed by atoms with Gasteiger partial charge in [0, 0.05) is 27.9 Å². The number of amides is 1. The molecule has 2 N–H and O–H groups in total. The molecule has 0 saturated carbocycles. The first-order valence-corrected chi connectivity index (χ1v) is 7.08. The smallest absolute Gasteiger partial charge is 0.245 e. The zero-order valence-electron chi connectivity index (χ0n) is 10.7. The van der Waals surface area contributed by atoms with Crippen LogP contribution in [-0.4, -0.2) is 17.4 Å². The Morgan fingerprint density at radius 2 is 1.95 bits per heavy atom. The molecule has 0 aliphatic rings. The van der Waals surface area contributed by atoms with E-state index in [2.05, 4.69) is 4.98 Å². The highest BCUT2D eigenvalue weighted by Gasteiger charge is 2.19. The molecule has 0 aliphatic carbocycles. The van der Waals surface area contributed by atoms with E-state index in [-0.39, 0.29) is 12.5 Å². The zero-order chi connectivity index (χ0) is 13.9. The summed E-state index contributed by atoms with van der Waals surface area (Å²) < 4.78 is 1.14. The summed E-state index contributed by atoms with van der Waals surface area (Å²) in [5.74, 6) is -0.139. The molecule has 20 heavy (non-hydrogen) atoms. The van der Waals surface area contributed by atoms with Crippen LogP contribution in [0.25, 0.3) is 10.1 Å². The summed E-state index contributed by atoms with van der Waals surface area (Å²) in [5, 5.41) is 3.04. The molecule has 2 aromatic heterocycles. The van der Waals surface area contributed by atoms with Gasteiger partial charge < -0.3 is 5.73 Å². The molecule has 0 unspecified atom stereocenters.